The molecule has 0 saturated carbocycles. The number of piperazine rings is 1. The second-order valence-electron chi connectivity index (χ2n) is 6.83. The van der Waals surface area contributed by atoms with E-state index in [0.29, 0.717) is 12.2 Å². The van der Waals surface area contributed by atoms with Gasteiger partial charge in [-0.2, -0.15) is 0 Å². The molecule has 3 rings (SSSR count). The summed E-state index contributed by atoms with van der Waals surface area (Å²) in [6, 6.07) is 5.89. The molecule has 2 fully saturated rings. The highest BCUT2D eigenvalue weighted by atomic mass is 35.5. The fourth-order valence-corrected chi connectivity index (χ4v) is 3.50. The van der Waals surface area contributed by atoms with Crippen LogP contribution in [0.1, 0.15) is 12.8 Å². The summed E-state index contributed by atoms with van der Waals surface area (Å²) < 4.78 is 12.9. The lowest BCUT2D eigenvalue weighted by atomic mass is 9.97. The molecule has 0 spiro atoms. The van der Waals surface area contributed by atoms with E-state index >= 15 is 0 Å². The van der Waals surface area contributed by atoms with E-state index in [1.807, 2.05) is 0 Å². The minimum atomic E-state index is -0.294. The van der Waals surface area contributed by atoms with Crippen LogP contribution in [-0.4, -0.2) is 68.1 Å². The van der Waals surface area contributed by atoms with Gasteiger partial charge >= 0.3 is 0 Å². The molecular formula is C18H28ClFN4O. The molecule has 0 aliphatic carbocycles. The van der Waals surface area contributed by atoms with E-state index in [1.54, 1.807) is 12.1 Å². The molecule has 0 bridgehead atoms. The molecule has 1 aromatic rings. The highest BCUT2D eigenvalue weighted by Crippen LogP contribution is 2.15. The molecule has 2 saturated heterocycles. The third-order valence-electron chi connectivity index (χ3n) is 4.94. The number of rotatable bonds is 5. The van der Waals surface area contributed by atoms with Crippen LogP contribution in [0, 0.1) is 11.7 Å². The van der Waals surface area contributed by atoms with Crippen molar-refractivity contribution in [3.63, 3.8) is 0 Å². The predicted octanol–water partition coefficient (Wildman–Crippen LogP) is 1.80. The molecule has 1 amide bonds. The van der Waals surface area contributed by atoms with Crippen molar-refractivity contribution in [3.8, 4) is 0 Å². The maximum Gasteiger partial charge on any atom is 0.238 e. The van der Waals surface area contributed by atoms with Crippen LogP contribution in [0.25, 0.3) is 0 Å². The Bertz CT molecular complexity index is 528. The number of nitrogens with one attached hydrogen (secondary N) is 2. The highest BCUT2D eigenvalue weighted by Gasteiger charge is 2.22. The van der Waals surface area contributed by atoms with Crippen molar-refractivity contribution in [3.05, 3.63) is 30.1 Å². The van der Waals surface area contributed by atoms with Crippen molar-refractivity contribution in [2.75, 3.05) is 57.7 Å². The molecule has 0 aromatic heterocycles. The molecule has 2 aliphatic rings. The Kier molecular flexibility index (Phi) is 8.09. The number of piperidine rings is 1. The van der Waals surface area contributed by atoms with Gasteiger partial charge in [-0.15, -0.1) is 12.4 Å². The summed E-state index contributed by atoms with van der Waals surface area (Å²) in [7, 11) is 0. The summed E-state index contributed by atoms with van der Waals surface area (Å²) in [4.78, 5) is 16.8. The number of hydrogen-bond donors (Lipinski definition) is 2. The van der Waals surface area contributed by atoms with E-state index in [2.05, 4.69) is 20.4 Å². The first-order valence-corrected chi connectivity index (χ1v) is 8.90. The summed E-state index contributed by atoms with van der Waals surface area (Å²) in [6.07, 6.45) is 2.56. The second-order valence-corrected chi connectivity index (χ2v) is 6.83. The van der Waals surface area contributed by atoms with Crippen LogP contribution in [0.2, 0.25) is 0 Å². The quantitative estimate of drug-likeness (QED) is 0.829. The zero-order valence-corrected chi connectivity index (χ0v) is 15.4. The number of amides is 1. The average Bonchev–Trinajstić information content (AvgIpc) is 2.60. The first-order valence-electron chi connectivity index (χ1n) is 8.90. The normalized spacial score (nSPS) is 20.0. The van der Waals surface area contributed by atoms with Crippen LogP contribution in [-0.2, 0) is 4.79 Å². The zero-order valence-electron chi connectivity index (χ0n) is 14.5. The molecule has 0 unspecified atom stereocenters. The lowest BCUT2D eigenvalue weighted by Gasteiger charge is -2.37. The molecule has 140 valence electrons. The first kappa shape index (κ1) is 20.1. The Morgan fingerprint density at radius 3 is 2.32 bits per heavy atom. The van der Waals surface area contributed by atoms with Crippen LogP contribution in [0.4, 0.5) is 10.1 Å². The SMILES string of the molecule is Cl.O=C(CN1CCN(CC2CCNCC2)CC1)Nc1ccc(F)cc1. The maximum atomic E-state index is 12.9. The standard InChI is InChI=1S/C18H27FN4O.ClH/c19-16-1-3-17(4-2-16)21-18(24)14-23-11-9-22(10-12-23)13-15-5-7-20-8-6-15;/h1-4,15,20H,5-14H2,(H,21,24);1H. The predicted molar refractivity (Wildman–Crippen MR) is 101 cm³/mol. The molecule has 2 aliphatic heterocycles. The lowest BCUT2D eigenvalue weighted by Crippen LogP contribution is -2.50. The van der Waals surface area contributed by atoms with Gasteiger partial charge in [-0.1, -0.05) is 0 Å². The average molecular weight is 371 g/mol. The third kappa shape index (κ3) is 6.55. The molecule has 25 heavy (non-hydrogen) atoms. The van der Waals surface area contributed by atoms with Gasteiger partial charge in [0.25, 0.3) is 0 Å². The van der Waals surface area contributed by atoms with Crippen LogP contribution < -0.4 is 10.6 Å². The van der Waals surface area contributed by atoms with Gasteiger partial charge in [-0.25, -0.2) is 4.39 Å². The van der Waals surface area contributed by atoms with Gasteiger partial charge in [0.1, 0.15) is 5.82 Å². The van der Waals surface area contributed by atoms with Crippen LogP contribution in [0.5, 0.6) is 0 Å². The molecule has 2 N–H and O–H groups in total. The first-order chi connectivity index (χ1) is 11.7. The smallest absolute Gasteiger partial charge is 0.238 e. The fourth-order valence-electron chi connectivity index (χ4n) is 3.50. The van der Waals surface area contributed by atoms with Gasteiger partial charge in [-0.05, 0) is 56.1 Å². The Morgan fingerprint density at radius 2 is 1.68 bits per heavy atom. The van der Waals surface area contributed by atoms with Crippen molar-refractivity contribution < 1.29 is 9.18 Å². The molecule has 7 heteroatoms. The van der Waals surface area contributed by atoms with Gasteiger partial charge in [0.15, 0.2) is 0 Å². The van der Waals surface area contributed by atoms with Crippen molar-refractivity contribution in [2.24, 2.45) is 5.92 Å². The Morgan fingerprint density at radius 1 is 1.08 bits per heavy atom. The Hall–Kier alpha value is -1.21. The summed E-state index contributed by atoms with van der Waals surface area (Å²) in [5, 5.41) is 6.24. The minimum absolute atomic E-state index is 0. The van der Waals surface area contributed by atoms with Crippen molar-refractivity contribution in [1.29, 1.82) is 0 Å². The molecule has 2 heterocycles. The van der Waals surface area contributed by atoms with Crippen molar-refractivity contribution in [2.45, 2.75) is 12.8 Å². The van der Waals surface area contributed by atoms with Gasteiger partial charge in [0.2, 0.25) is 5.91 Å². The van der Waals surface area contributed by atoms with Gasteiger partial charge < -0.3 is 15.5 Å². The van der Waals surface area contributed by atoms with E-state index < -0.39 is 0 Å². The Balaban J connectivity index is 0.00000225. The van der Waals surface area contributed by atoms with E-state index in [4.69, 9.17) is 0 Å². The van der Waals surface area contributed by atoms with E-state index in [-0.39, 0.29) is 24.1 Å². The summed E-state index contributed by atoms with van der Waals surface area (Å²) in [5.41, 5.74) is 0.644. The van der Waals surface area contributed by atoms with Gasteiger partial charge in [0, 0.05) is 38.4 Å². The number of carbonyl (C=O) groups is 1. The van der Waals surface area contributed by atoms with Crippen LogP contribution in [0.3, 0.4) is 0 Å². The summed E-state index contributed by atoms with van der Waals surface area (Å²) in [5.74, 6) is 0.492. The molecule has 1 aromatic carbocycles. The highest BCUT2D eigenvalue weighted by molar-refractivity contribution is 5.92. The Labute approximate surface area is 155 Å². The number of hydrogen-bond acceptors (Lipinski definition) is 4. The number of anilines is 1. The topological polar surface area (TPSA) is 47.6 Å². The van der Waals surface area contributed by atoms with Crippen molar-refractivity contribution >= 4 is 24.0 Å². The van der Waals surface area contributed by atoms with E-state index in [0.717, 1.165) is 45.2 Å². The number of benzene rings is 1. The number of nitrogens with zero attached hydrogens (tertiary/aromatic N) is 2. The molecule has 5 nitrogen and oxygen atoms in total. The minimum Gasteiger partial charge on any atom is -0.325 e. The zero-order chi connectivity index (χ0) is 16.8. The van der Waals surface area contributed by atoms with Crippen LogP contribution >= 0.6 is 12.4 Å². The van der Waals surface area contributed by atoms with E-state index in [1.165, 1.54) is 31.5 Å². The number of halogens is 2. The van der Waals surface area contributed by atoms with E-state index in [9.17, 15) is 9.18 Å². The molecular weight excluding hydrogens is 343 g/mol. The number of carbonyl (C=O) groups excluding carboxylic acids is 1. The molecule has 0 radical (unpaired) electrons. The lowest BCUT2D eigenvalue weighted by molar-refractivity contribution is -0.117. The maximum absolute atomic E-state index is 12.9. The van der Waals surface area contributed by atoms with Gasteiger partial charge in [0.05, 0.1) is 6.54 Å². The monoisotopic (exact) mass is 370 g/mol. The van der Waals surface area contributed by atoms with Crippen molar-refractivity contribution in [1.82, 2.24) is 15.1 Å². The second kappa shape index (κ2) is 10.1. The van der Waals surface area contributed by atoms with Crippen LogP contribution in [0.15, 0.2) is 24.3 Å². The summed E-state index contributed by atoms with van der Waals surface area (Å²) in [6.45, 7) is 7.82. The summed E-state index contributed by atoms with van der Waals surface area (Å²) >= 11 is 0. The van der Waals surface area contributed by atoms with Gasteiger partial charge in [-0.3, -0.25) is 9.69 Å². The fraction of sp³-hybridized carbons (Fsp3) is 0.611. The largest absolute Gasteiger partial charge is 0.325 e. The molecule has 0 atom stereocenters. The third-order valence-corrected chi connectivity index (χ3v) is 4.94.